The molecular weight excluding hydrogens is 318 g/mol. The zero-order chi connectivity index (χ0) is 16.9. The van der Waals surface area contributed by atoms with Crippen molar-refractivity contribution < 1.29 is 17.9 Å². The molecule has 128 valence electrons. The fourth-order valence-corrected chi connectivity index (χ4v) is 3.91. The summed E-state index contributed by atoms with van der Waals surface area (Å²) in [5.74, 6) is 0.00496. The largest absolute Gasteiger partial charge is 0.477 e. The molecule has 1 aromatic rings. The summed E-state index contributed by atoms with van der Waals surface area (Å²) in [6, 6.07) is 3.57. The lowest BCUT2D eigenvalue weighted by molar-refractivity contribution is -0.120. The van der Waals surface area contributed by atoms with Gasteiger partial charge >= 0.3 is 0 Å². The van der Waals surface area contributed by atoms with Crippen LogP contribution in [0.5, 0.6) is 5.88 Å². The van der Waals surface area contributed by atoms with Gasteiger partial charge in [-0.05, 0) is 18.9 Å². The molecular formula is C15H23N3O4S. The van der Waals surface area contributed by atoms with Crippen LogP contribution in [0.1, 0.15) is 31.7 Å². The highest BCUT2D eigenvalue weighted by Gasteiger charge is 2.41. The van der Waals surface area contributed by atoms with Crippen molar-refractivity contribution in [2.45, 2.75) is 38.0 Å². The fraction of sp³-hybridized carbons (Fsp3) is 0.600. The summed E-state index contributed by atoms with van der Waals surface area (Å²) in [5.41, 5.74) is 0.737. The predicted octanol–water partition coefficient (Wildman–Crippen LogP) is 0.911. The number of pyridine rings is 1. The Labute approximate surface area is 137 Å². The number of hydrogen-bond donors (Lipinski definition) is 1. The molecule has 0 aliphatic carbocycles. The normalized spacial score (nSPS) is 20.3. The molecule has 1 aromatic heterocycles. The Bertz CT molecular complexity index is 648. The van der Waals surface area contributed by atoms with E-state index in [1.165, 1.54) is 11.4 Å². The summed E-state index contributed by atoms with van der Waals surface area (Å²) < 4.78 is 30.9. The number of carbonyl (C=O) groups excluding carboxylic acids is 1. The molecule has 0 saturated carbocycles. The second-order valence-corrected chi connectivity index (χ2v) is 7.75. The van der Waals surface area contributed by atoms with E-state index in [1.54, 1.807) is 12.3 Å². The first-order valence-electron chi connectivity index (χ1n) is 7.76. The van der Waals surface area contributed by atoms with Gasteiger partial charge < -0.3 is 10.1 Å². The van der Waals surface area contributed by atoms with Crippen LogP contribution in [0.4, 0.5) is 0 Å². The highest BCUT2D eigenvalue weighted by Crippen LogP contribution is 2.20. The van der Waals surface area contributed by atoms with Crippen LogP contribution in [0.25, 0.3) is 0 Å². The standard InChI is InChI=1S/C15H23N3O4S/c1-3-4-10-22-15-12(6-5-8-16-15)11-17-14(19)13-7-9-18(2)23(13,20)21/h5-6,8,13H,3-4,7,9-11H2,1-2H3,(H,17,19). The summed E-state index contributed by atoms with van der Waals surface area (Å²) in [4.78, 5) is 16.3. The van der Waals surface area contributed by atoms with Gasteiger partial charge in [0, 0.05) is 31.9 Å². The Morgan fingerprint density at radius 3 is 2.96 bits per heavy atom. The van der Waals surface area contributed by atoms with Crippen molar-refractivity contribution in [3.8, 4) is 5.88 Å². The molecule has 0 radical (unpaired) electrons. The highest BCUT2D eigenvalue weighted by molar-refractivity contribution is 7.90. The smallest absolute Gasteiger partial charge is 0.240 e. The number of ether oxygens (including phenoxy) is 1. The van der Waals surface area contributed by atoms with E-state index in [0.717, 1.165) is 18.4 Å². The zero-order valence-corrected chi connectivity index (χ0v) is 14.3. The van der Waals surface area contributed by atoms with Gasteiger partial charge in [0.1, 0.15) is 0 Å². The molecule has 1 unspecified atom stereocenters. The van der Waals surface area contributed by atoms with Crippen LogP contribution in [-0.4, -0.2) is 49.1 Å². The maximum absolute atomic E-state index is 12.2. The SMILES string of the molecule is CCCCOc1ncccc1CNC(=O)C1CCN(C)S1(=O)=O. The van der Waals surface area contributed by atoms with Crippen molar-refractivity contribution in [1.29, 1.82) is 0 Å². The Morgan fingerprint density at radius 1 is 1.52 bits per heavy atom. The Morgan fingerprint density at radius 2 is 2.30 bits per heavy atom. The molecule has 0 spiro atoms. The third kappa shape index (κ3) is 4.20. The van der Waals surface area contributed by atoms with Gasteiger partial charge in [0.25, 0.3) is 0 Å². The van der Waals surface area contributed by atoms with Crippen molar-refractivity contribution in [3.63, 3.8) is 0 Å². The van der Waals surface area contributed by atoms with Gasteiger partial charge in [-0.3, -0.25) is 4.79 Å². The van der Waals surface area contributed by atoms with Gasteiger partial charge in [-0.1, -0.05) is 19.4 Å². The zero-order valence-electron chi connectivity index (χ0n) is 13.5. The number of aromatic nitrogens is 1. The molecule has 1 atom stereocenters. The summed E-state index contributed by atoms with van der Waals surface area (Å²) >= 11 is 0. The fourth-order valence-electron chi connectivity index (χ4n) is 2.36. The Hall–Kier alpha value is -1.67. The number of nitrogens with one attached hydrogen (secondary N) is 1. The molecule has 1 fully saturated rings. The molecule has 1 saturated heterocycles. The maximum Gasteiger partial charge on any atom is 0.240 e. The molecule has 1 aliphatic heterocycles. The number of amides is 1. The van der Waals surface area contributed by atoms with E-state index in [4.69, 9.17) is 4.74 Å². The van der Waals surface area contributed by atoms with Crippen molar-refractivity contribution >= 4 is 15.9 Å². The molecule has 2 rings (SSSR count). The monoisotopic (exact) mass is 341 g/mol. The predicted molar refractivity (Wildman–Crippen MR) is 86.4 cm³/mol. The lowest BCUT2D eigenvalue weighted by Crippen LogP contribution is -2.39. The Balaban J connectivity index is 1.97. The van der Waals surface area contributed by atoms with E-state index >= 15 is 0 Å². The number of sulfonamides is 1. The van der Waals surface area contributed by atoms with Crippen LogP contribution in [0.2, 0.25) is 0 Å². The van der Waals surface area contributed by atoms with Crippen LogP contribution >= 0.6 is 0 Å². The molecule has 1 aliphatic rings. The van der Waals surface area contributed by atoms with Gasteiger partial charge in [-0.25, -0.2) is 17.7 Å². The molecule has 1 amide bonds. The van der Waals surface area contributed by atoms with Gasteiger partial charge in [-0.15, -0.1) is 0 Å². The van der Waals surface area contributed by atoms with Gasteiger partial charge in [0.2, 0.25) is 21.8 Å². The van der Waals surface area contributed by atoms with Gasteiger partial charge in [0.05, 0.1) is 6.61 Å². The third-order valence-electron chi connectivity index (χ3n) is 3.83. The van der Waals surface area contributed by atoms with Gasteiger partial charge in [0.15, 0.2) is 5.25 Å². The second kappa shape index (κ2) is 7.74. The minimum atomic E-state index is -3.52. The van der Waals surface area contributed by atoms with Crippen LogP contribution in [-0.2, 0) is 21.4 Å². The first-order chi connectivity index (χ1) is 11.0. The molecule has 23 heavy (non-hydrogen) atoms. The van der Waals surface area contributed by atoms with Crippen molar-refractivity contribution in [1.82, 2.24) is 14.6 Å². The molecule has 2 heterocycles. The summed E-state index contributed by atoms with van der Waals surface area (Å²) in [5, 5.41) is 1.68. The van der Waals surface area contributed by atoms with E-state index in [1.807, 2.05) is 6.07 Å². The van der Waals surface area contributed by atoms with Crippen LogP contribution in [0, 0.1) is 0 Å². The minimum absolute atomic E-state index is 0.198. The lowest BCUT2D eigenvalue weighted by atomic mass is 10.2. The van der Waals surface area contributed by atoms with Crippen molar-refractivity contribution in [3.05, 3.63) is 23.9 Å². The van der Waals surface area contributed by atoms with E-state index in [-0.39, 0.29) is 6.54 Å². The van der Waals surface area contributed by atoms with E-state index < -0.39 is 21.2 Å². The van der Waals surface area contributed by atoms with Crippen LogP contribution < -0.4 is 10.1 Å². The van der Waals surface area contributed by atoms with E-state index in [2.05, 4.69) is 17.2 Å². The van der Waals surface area contributed by atoms with Crippen molar-refractivity contribution in [2.24, 2.45) is 0 Å². The number of rotatable bonds is 7. The van der Waals surface area contributed by atoms with Crippen LogP contribution in [0.15, 0.2) is 18.3 Å². The first kappa shape index (κ1) is 17.7. The lowest BCUT2D eigenvalue weighted by Gasteiger charge is -2.14. The number of hydrogen-bond acceptors (Lipinski definition) is 5. The number of carbonyl (C=O) groups is 1. The van der Waals surface area contributed by atoms with Crippen molar-refractivity contribution in [2.75, 3.05) is 20.2 Å². The first-order valence-corrected chi connectivity index (χ1v) is 9.26. The minimum Gasteiger partial charge on any atom is -0.477 e. The average molecular weight is 341 g/mol. The molecule has 1 N–H and O–H groups in total. The maximum atomic E-state index is 12.2. The van der Waals surface area contributed by atoms with E-state index in [9.17, 15) is 13.2 Å². The Kier molecular flexibility index (Phi) is 5.95. The third-order valence-corrected chi connectivity index (χ3v) is 6.05. The average Bonchev–Trinajstić information content (AvgIpc) is 2.80. The second-order valence-electron chi connectivity index (χ2n) is 5.53. The quantitative estimate of drug-likeness (QED) is 0.745. The summed E-state index contributed by atoms with van der Waals surface area (Å²) in [7, 11) is -2.03. The number of unbranched alkanes of at least 4 members (excludes halogenated alkanes) is 1. The topological polar surface area (TPSA) is 88.6 Å². The highest BCUT2D eigenvalue weighted by atomic mass is 32.2. The summed E-state index contributed by atoms with van der Waals surface area (Å²) in [6.07, 6.45) is 3.89. The molecule has 0 aromatic carbocycles. The van der Waals surface area contributed by atoms with E-state index in [0.29, 0.717) is 25.5 Å². The summed E-state index contributed by atoms with van der Waals surface area (Å²) in [6.45, 7) is 3.21. The molecule has 0 bridgehead atoms. The molecule has 8 heteroatoms. The van der Waals surface area contributed by atoms with Gasteiger partial charge in [-0.2, -0.15) is 0 Å². The molecule has 7 nitrogen and oxygen atoms in total. The van der Waals surface area contributed by atoms with Crippen LogP contribution in [0.3, 0.4) is 0 Å². The number of nitrogens with zero attached hydrogens (tertiary/aromatic N) is 2.